The normalized spacial score (nSPS) is 16.4. The van der Waals surface area contributed by atoms with Crippen LogP contribution in [0.5, 0.6) is 0 Å². The van der Waals surface area contributed by atoms with Gasteiger partial charge in [-0.3, -0.25) is 14.4 Å². The Labute approximate surface area is 181 Å². The number of ether oxygens (including phenoxy) is 2. The Morgan fingerprint density at radius 1 is 1.03 bits per heavy atom. The summed E-state index contributed by atoms with van der Waals surface area (Å²) in [6.07, 6.45) is 10.1. The molecule has 2 atom stereocenters. The summed E-state index contributed by atoms with van der Waals surface area (Å²) in [6.45, 7) is 11.7. The van der Waals surface area contributed by atoms with E-state index in [1.807, 2.05) is 13.8 Å². The van der Waals surface area contributed by atoms with Gasteiger partial charge in [-0.2, -0.15) is 0 Å². The Morgan fingerprint density at radius 2 is 1.73 bits per heavy atom. The van der Waals surface area contributed by atoms with Crippen LogP contribution in [0.25, 0.3) is 0 Å². The van der Waals surface area contributed by atoms with Crippen LogP contribution < -0.4 is 5.32 Å². The molecule has 0 aromatic rings. The molecule has 0 radical (unpaired) electrons. The zero-order chi connectivity index (χ0) is 22.4. The first kappa shape index (κ1) is 25.9. The minimum Gasteiger partial charge on any atom is -0.465 e. The number of hydrogen-bond acceptors (Lipinski definition) is 5. The van der Waals surface area contributed by atoms with Crippen LogP contribution in [0.4, 0.5) is 0 Å². The molecule has 0 heterocycles. The Kier molecular flexibility index (Phi) is 12.8. The summed E-state index contributed by atoms with van der Waals surface area (Å²) in [5, 5.41) is 3.05. The molecule has 170 valence electrons. The SMILES string of the molecule is C=CCCC(=O)N[C@H](COC(=O)C(CC=C)CC(=O)OCC(C)C)C1CCCCC1. The molecule has 1 aliphatic rings. The van der Waals surface area contributed by atoms with Gasteiger partial charge in [0.1, 0.15) is 6.61 Å². The number of nitrogens with one attached hydrogen (secondary N) is 1. The largest absolute Gasteiger partial charge is 0.465 e. The molecule has 0 bridgehead atoms. The predicted molar refractivity (Wildman–Crippen MR) is 118 cm³/mol. The average Bonchev–Trinajstić information content (AvgIpc) is 2.73. The fourth-order valence-electron chi connectivity index (χ4n) is 3.62. The van der Waals surface area contributed by atoms with Crippen LogP contribution in [0.15, 0.2) is 25.3 Å². The van der Waals surface area contributed by atoms with E-state index in [4.69, 9.17) is 9.47 Å². The smallest absolute Gasteiger partial charge is 0.309 e. The lowest BCUT2D eigenvalue weighted by molar-refractivity contribution is -0.156. The zero-order valence-corrected chi connectivity index (χ0v) is 18.7. The first-order valence-electron chi connectivity index (χ1n) is 11.2. The van der Waals surface area contributed by atoms with E-state index in [1.54, 1.807) is 12.2 Å². The predicted octanol–water partition coefficient (Wildman–Crippen LogP) is 4.34. The summed E-state index contributed by atoms with van der Waals surface area (Å²) >= 11 is 0. The zero-order valence-electron chi connectivity index (χ0n) is 18.7. The molecule has 0 aromatic heterocycles. The van der Waals surface area contributed by atoms with Crippen molar-refractivity contribution in [3.05, 3.63) is 25.3 Å². The highest BCUT2D eigenvalue weighted by Crippen LogP contribution is 2.27. The third kappa shape index (κ3) is 10.6. The summed E-state index contributed by atoms with van der Waals surface area (Å²) in [5.41, 5.74) is 0. The first-order valence-corrected chi connectivity index (χ1v) is 11.2. The van der Waals surface area contributed by atoms with Crippen LogP contribution in [-0.2, 0) is 23.9 Å². The molecule has 1 rings (SSSR count). The maximum atomic E-state index is 12.6. The van der Waals surface area contributed by atoms with Gasteiger partial charge in [0, 0.05) is 6.42 Å². The number of amides is 1. The van der Waals surface area contributed by atoms with Crippen molar-refractivity contribution in [1.82, 2.24) is 5.32 Å². The molecule has 0 aromatic carbocycles. The maximum Gasteiger partial charge on any atom is 0.309 e. The summed E-state index contributed by atoms with van der Waals surface area (Å²) in [6, 6.07) is -0.205. The summed E-state index contributed by atoms with van der Waals surface area (Å²) < 4.78 is 10.8. The molecule has 6 heteroatoms. The Morgan fingerprint density at radius 3 is 2.33 bits per heavy atom. The molecular formula is C24H39NO5. The third-order valence-electron chi connectivity index (χ3n) is 5.32. The van der Waals surface area contributed by atoms with Gasteiger partial charge in [-0.1, -0.05) is 45.3 Å². The first-order chi connectivity index (χ1) is 14.4. The van der Waals surface area contributed by atoms with Gasteiger partial charge in [0.2, 0.25) is 5.91 Å². The summed E-state index contributed by atoms with van der Waals surface area (Å²) in [7, 11) is 0. The molecule has 1 fully saturated rings. The molecule has 1 unspecified atom stereocenters. The minimum atomic E-state index is -0.620. The van der Waals surface area contributed by atoms with Gasteiger partial charge in [0.25, 0.3) is 0 Å². The second-order valence-electron chi connectivity index (χ2n) is 8.53. The molecule has 1 aliphatic carbocycles. The highest BCUT2D eigenvalue weighted by atomic mass is 16.5. The number of allylic oxidation sites excluding steroid dienone is 2. The topological polar surface area (TPSA) is 81.7 Å². The highest BCUT2D eigenvalue weighted by Gasteiger charge is 2.29. The van der Waals surface area contributed by atoms with Crippen molar-refractivity contribution in [2.24, 2.45) is 17.8 Å². The Hall–Kier alpha value is -2.11. The van der Waals surface area contributed by atoms with Gasteiger partial charge >= 0.3 is 11.9 Å². The summed E-state index contributed by atoms with van der Waals surface area (Å²) in [5.74, 6) is -0.994. The van der Waals surface area contributed by atoms with E-state index in [2.05, 4.69) is 18.5 Å². The lowest BCUT2D eigenvalue weighted by Gasteiger charge is -2.31. The van der Waals surface area contributed by atoms with E-state index in [0.717, 1.165) is 25.7 Å². The van der Waals surface area contributed by atoms with Gasteiger partial charge in [-0.15, -0.1) is 13.2 Å². The molecular weight excluding hydrogens is 382 g/mol. The number of hydrogen-bond donors (Lipinski definition) is 1. The lowest BCUT2D eigenvalue weighted by Crippen LogP contribution is -2.45. The molecule has 6 nitrogen and oxygen atoms in total. The minimum absolute atomic E-state index is 0.0304. The summed E-state index contributed by atoms with van der Waals surface area (Å²) in [4.78, 5) is 36.9. The number of carbonyl (C=O) groups is 3. The molecule has 0 aliphatic heterocycles. The van der Waals surface area contributed by atoms with E-state index in [9.17, 15) is 14.4 Å². The van der Waals surface area contributed by atoms with Crippen molar-refractivity contribution in [1.29, 1.82) is 0 Å². The quantitative estimate of drug-likeness (QED) is 0.333. The van der Waals surface area contributed by atoms with Gasteiger partial charge in [0.05, 0.1) is 25.0 Å². The Balaban J connectivity index is 2.66. The van der Waals surface area contributed by atoms with Gasteiger partial charge < -0.3 is 14.8 Å². The number of rotatable bonds is 14. The second-order valence-corrected chi connectivity index (χ2v) is 8.53. The number of esters is 2. The number of carbonyl (C=O) groups excluding carboxylic acids is 3. The second kappa shape index (κ2) is 14.8. The van der Waals surface area contributed by atoms with E-state index >= 15 is 0 Å². The van der Waals surface area contributed by atoms with Gasteiger partial charge in [0.15, 0.2) is 0 Å². The molecule has 0 spiro atoms. The van der Waals surface area contributed by atoms with Crippen LogP contribution in [0, 0.1) is 17.8 Å². The lowest BCUT2D eigenvalue weighted by atomic mass is 9.84. The molecule has 1 N–H and O–H groups in total. The van der Waals surface area contributed by atoms with Crippen LogP contribution in [0.2, 0.25) is 0 Å². The van der Waals surface area contributed by atoms with Crippen molar-refractivity contribution in [3.63, 3.8) is 0 Å². The van der Waals surface area contributed by atoms with Crippen molar-refractivity contribution in [2.75, 3.05) is 13.2 Å². The molecule has 1 amide bonds. The van der Waals surface area contributed by atoms with Crippen LogP contribution in [0.1, 0.15) is 71.6 Å². The van der Waals surface area contributed by atoms with Crippen molar-refractivity contribution in [2.45, 2.75) is 77.7 Å². The molecule has 30 heavy (non-hydrogen) atoms. The van der Waals surface area contributed by atoms with Crippen molar-refractivity contribution < 1.29 is 23.9 Å². The monoisotopic (exact) mass is 421 g/mol. The fraction of sp³-hybridized carbons (Fsp3) is 0.708. The van der Waals surface area contributed by atoms with E-state index in [1.165, 1.54) is 6.42 Å². The molecule has 0 saturated heterocycles. The van der Waals surface area contributed by atoms with Crippen molar-refractivity contribution in [3.8, 4) is 0 Å². The van der Waals surface area contributed by atoms with Crippen molar-refractivity contribution >= 4 is 17.8 Å². The maximum absolute atomic E-state index is 12.6. The van der Waals surface area contributed by atoms with Gasteiger partial charge in [-0.25, -0.2) is 0 Å². The van der Waals surface area contributed by atoms with Crippen LogP contribution in [-0.4, -0.2) is 37.1 Å². The standard InChI is InChI=1S/C24H39NO5/c1-5-7-14-22(26)25-21(19-12-9-8-10-13-19)17-30-24(28)20(11-6-2)15-23(27)29-16-18(3)4/h5-6,18-21H,1-2,7-17H2,3-4H3,(H,25,26)/t20?,21-/m1/s1. The third-order valence-corrected chi connectivity index (χ3v) is 5.32. The van der Waals surface area contributed by atoms with E-state index in [-0.39, 0.29) is 30.9 Å². The van der Waals surface area contributed by atoms with Gasteiger partial charge in [-0.05, 0) is 37.5 Å². The van der Waals surface area contributed by atoms with Crippen LogP contribution in [0.3, 0.4) is 0 Å². The van der Waals surface area contributed by atoms with E-state index < -0.39 is 17.9 Å². The Bertz CT molecular complexity index is 566. The fourth-order valence-corrected chi connectivity index (χ4v) is 3.62. The van der Waals surface area contributed by atoms with E-state index in [0.29, 0.717) is 31.8 Å². The molecule has 1 saturated carbocycles. The van der Waals surface area contributed by atoms with Crippen LogP contribution >= 0.6 is 0 Å². The average molecular weight is 422 g/mol. The highest BCUT2D eigenvalue weighted by molar-refractivity contribution is 5.80.